The molecule has 9 nitrogen and oxygen atoms in total. The van der Waals surface area contributed by atoms with Crippen molar-refractivity contribution < 1.29 is 14.4 Å². The highest BCUT2D eigenvalue weighted by Crippen LogP contribution is 2.54. The van der Waals surface area contributed by atoms with Gasteiger partial charge in [-0.2, -0.15) is 0 Å². The van der Waals surface area contributed by atoms with Gasteiger partial charge in [0, 0.05) is 18.7 Å². The van der Waals surface area contributed by atoms with Crippen LogP contribution in [0.5, 0.6) is 0 Å². The third-order valence-corrected chi connectivity index (χ3v) is 7.98. The molecule has 0 bridgehead atoms. The molecule has 11 heteroatoms. The number of nitrogen functional groups attached to an aromatic ring is 1. The van der Waals surface area contributed by atoms with Gasteiger partial charge in [-0.1, -0.05) is 56.4 Å². The molecule has 0 unspecified atom stereocenters. The van der Waals surface area contributed by atoms with Crippen molar-refractivity contribution in [2.24, 2.45) is 23.3 Å². The maximum absolute atomic E-state index is 13.8. The Bertz CT molecular complexity index is 970. The Morgan fingerprint density at radius 1 is 1.03 bits per heavy atom. The summed E-state index contributed by atoms with van der Waals surface area (Å²) in [6, 6.07) is 6.71. The number of likely N-dealkylation sites (tertiary alicyclic amines) is 1. The van der Waals surface area contributed by atoms with Crippen LogP contribution in [0.2, 0.25) is 0 Å². The predicted octanol–water partition coefficient (Wildman–Crippen LogP) is 2.23. The Morgan fingerprint density at radius 3 is 2.32 bits per heavy atom. The molecular formula is C26H40Cl2N6O3. The number of benzene rings is 1. The summed E-state index contributed by atoms with van der Waals surface area (Å²) in [7, 11) is 0. The molecule has 1 saturated heterocycles. The van der Waals surface area contributed by atoms with E-state index in [4.69, 9.17) is 16.9 Å². The summed E-state index contributed by atoms with van der Waals surface area (Å²) in [6.45, 7) is 0.851. The molecule has 3 aliphatic rings. The molecule has 0 radical (unpaired) electrons. The van der Waals surface area contributed by atoms with Crippen LogP contribution in [0.1, 0.15) is 68.9 Å². The molecule has 0 aromatic heterocycles. The summed E-state index contributed by atoms with van der Waals surface area (Å²) < 4.78 is 0. The lowest BCUT2D eigenvalue weighted by Crippen LogP contribution is -2.60. The highest BCUT2D eigenvalue weighted by Gasteiger charge is 2.66. The molecule has 0 spiro atoms. The van der Waals surface area contributed by atoms with Crippen molar-refractivity contribution >= 4 is 48.4 Å². The first-order valence-corrected chi connectivity index (χ1v) is 12.9. The van der Waals surface area contributed by atoms with Crippen LogP contribution in [-0.2, 0) is 20.9 Å². The summed E-state index contributed by atoms with van der Waals surface area (Å²) in [5.74, 6) is -0.0631. The molecule has 206 valence electrons. The van der Waals surface area contributed by atoms with Crippen LogP contribution in [0.4, 0.5) is 0 Å². The van der Waals surface area contributed by atoms with Gasteiger partial charge in [0.1, 0.15) is 11.4 Å². The van der Waals surface area contributed by atoms with Crippen LogP contribution in [0, 0.1) is 17.2 Å². The van der Waals surface area contributed by atoms with E-state index in [9.17, 15) is 14.4 Å². The average molecular weight is 556 g/mol. The number of amidine groups is 1. The molecule has 4 rings (SSSR count). The molecule has 3 atom stereocenters. The zero-order chi connectivity index (χ0) is 25.0. The minimum Gasteiger partial charge on any atom is -0.384 e. The molecule has 2 aliphatic carbocycles. The summed E-state index contributed by atoms with van der Waals surface area (Å²) >= 11 is 0. The van der Waals surface area contributed by atoms with E-state index in [0.29, 0.717) is 37.4 Å². The van der Waals surface area contributed by atoms with Gasteiger partial charge in [-0.15, -0.1) is 24.8 Å². The summed E-state index contributed by atoms with van der Waals surface area (Å²) in [5.41, 5.74) is 11.6. The minimum atomic E-state index is -0.798. The number of fused-ring (bicyclic) bond motifs is 1. The van der Waals surface area contributed by atoms with Crippen molar-refractivity contribution in [3.8, 4) is 0 Å². The van der Waals surface area contributed by atoms with E-state index in [1.807, 2.05) is 12.1 Å². The number of carbonyl (C=O) groups is 3. The number of primary amides is 1. The van der Waals surface area contributed by atoms with Crippen LogP contribution in [0.15, 0.2) is 24.3 Å². The quantitative estimate of drug-likeness (QED) is 0.221. The topological polar surface area (TPSA) is 154 Å². The second-order valence-electron chi connectivity index (χ2n) is 10.4. The smallest absolute Gasteiger partial charge is 0.246 e. The molecule has 1 heterocycles. The van der Waals surface area contributed by atoms with E-state index >= 15 is 0 Å². The predicted molar refractivity (Wildman–Crippen MR) is 148 cm³/mol. The van der Waals surface area contributed by atoms with Gasteiger partial charge in [-0.25, -0.2) is 0 Å². The number of hydrogen-bond acceptors (Lipinski definition) is 5. The van der Waals surface area contributed by atoms with Crippen molar-refractivity contribution in [1.82, 2.24) is 15.5 Å². The normalized spacial score (nSPS) is 23.5. The Hall–Kier alpha value is -2.36. The van der Waals surface area contributed by atoms with Crippen molar-refractivity contribution in [1.29, 1.82) is 5.41 Å². The first-order chi connectivity index (χ1) is 16.8. The van der Waals surface area contributed by atoms with E-state index in [2.05, 4.69) is 10.6 Å². The average Bonchev–Trinajstić information content (AvgIpc) is 3.61. The summed E-state index contributed by atoms with van der Waals surface area (Å²) in [5, 5.41) is 13.7. The molecule has 1 aromatic rings. The van der Waals surface area contributed by atoms with Crippen molar-refractivity contribution in [2.75, 3.05) is 13.1 Å². The zero-order valence-electron chi connectivity index (χ0n) is 21.2. The van der Waals surface area contributed by atoms with Crippen LogP contribution in [-0.4, -0.2) is 53.1 Å². The van der Waals surface area contributed by atoms with Crippen molar-refractivity contribution in [3.63, 3.8) is 0 Å². The third-order valence-electron chi connectivity index (χ3n) is 7.98. The number of rotatable bonds is 10. The summed E-state index contributed by atoms with van der Waals surface area (Å²) in [6.07, 6.45) is 8.94. The molecule has 2 saturated carbocycles. The van der Waals surface area contributed by atoms with Gasteiger partial charge in [-0.05, 0) is 43.1 Å². The number of carbonyl (C=O) groups excluding carboxylic acids is 3. The van der Waals surface area contributed by atoms with Gasteiger partial charge in [0.2, 0.25) is 17.7 Å². The SMILES string of the molecule is Cl.Cl.N=C(N)c1ccc(CNC(=O)[C@]23C[C@H]2CCCN3C(=O)[C@@H](CC2CCCCC2)NCC(N)=O)cc1. The van der Waals surface area contributed by atoms with E-state index in [-0.39, 0.29) is 54.9 Å². The highest BCUT2D eigenvalue weighted by molar-refractivity contribution is 5.97. The van der Waals surface area contributed by atoms with E-state index in [0.717, 1.165) is 31.2 Å². The fourth-order valence-corrected chi connectivity index (χ4v) is 5.97. The van der Waals surface area contributed by atoms with Crippen LogP contribution in [0.3, 0.4) is 0 Å². The standard InChI is InChI=1S/C26H38N6O3.2ClH/c27-22(33)16-30-21(13-17-5-2-1-3-6-17)24(34)32-12-4-7-20-14-26(20,32)25(35)31-15-18-8-10-19(11-9-18)23(28)29;;/h8-11,17,20-21,30H,1-7,12-16H2,(H2,27,33)(H3,28,29)(H,31,35);2*1H/t20-,21-,26+;;/m1../s1. The Balaban J connectivity index is 0.00000241. The van der Waals surface area contributed by atoms with Gasteiger partial charge in [0.05, 0.1) is 12.6 Å². The number of halogens is 2. The highest BCUT2D eigenvalue weighted by atomic mass is 35.5. The number of nitrogens with zero attached hydrogens (tertiary/aromatic N) is 1. The first kappa shape index (κ1) is 30.9. The monoisotopic (exact) mass is 554 g/mol. The third kappa shape index (κ3) is 7.15. The van der Waals surface area contributed by atoms with Crippen molar-refractivity contribution in [2.45, 2.75) is 75.9 Å². The van der Waals surface area contributed by atoms with Gasteiger partial charge < -0.3 is 21.7 Å². The molecule has 1 aromatic carbocycles. The lowest BCUT2D eigenvalue weighted by atomic mass is 9.84. The molecule has 3 fully saturated rings. The number of nitrogens with two attached hydrogens (primary N) is 2. The fourth-order valence-electron chi connectivity index (χ4n) is 5.97. The van der Waals surface area contributed by atoms with Crippen molar-refractivity contribution in [3.05, 3.63) is 35.4 Å². The molecule has 37 heavy (non-hydrogen) atoms. The molecule has 7 N–H and O–H groups in total. The molecule has 3 amide bonds. The van der Waals surface area contributed by atoms with Gasteiger partial charge in [0.25, 0.3) is 0 Å². The minimum absolute atomic E-state index is 0. The largest absolute Gasteiger partial charge is 0.384 e. The number of amides is 3. The second-order valence-corrected chi connectivity index (χ2v) is 10.4. The second kappa shape index (κ2) is 13.4. The fraction of sp³-hybridized carbons (Fsp3) is 0.615. The number of nitrogens with one attached hydrogen (secondary N) is 3. The number of hydrogen-bond donors (Lipinski definition) is 5. The van der Waals surface area contributed by atoms with Gasteiger partial charge in [0.15, 0.2) is 0 Å². The molecule has 1 aliphatic heterocycles. The Kier molecular flexibility index (Phi) is 11.2. The van der Waals surface area contributed by atoms with Crippen LogP contribution < -0.4 is 22.1 Å². The Morgan fingerprint density at radius 2 is 1.70 bits per heavy atom. The van der Waals surface area contributed by atoms with Crippen LogP contribution >= 0.6 is 24.8 Å². The van der Waals surface area contributed by atoms with Gasteiger partial charge in [-0.3, -0.25) is 25.1 Å². The van der Waals surface area contributed by atoms with Gasteiger partial charge >= 0.3 is 0 Å². The first-order valence-electron chi connectivity index (χ1n) is 12.9. The lowest BCUT2D eigenvalue weighted by molar-refractivity contribution is -0.146. The maximum atomic E-state index is 13.8. The van der Waals surface area contributed by atoms with E-state index in [1.54, 1.807) is 17.0 Å². The van der Waals surface area contributed by atoms with Crippen LogP contribution in [0.25, 0.3) is 0 Å². The van der Waals surface area contributed by atoms with E-state index < -0.39 is 17.5 Å². The zero-order valence-corrected chi connectivity index (χ0v) is 22.8. The number of piperidine rings is 1. The molecular weight excluding hydrogens is 515 g/mol. The maximum Gasteiger partial charge on any atom is 0.246 e. The van der Waals surface area contributed by atoms with E-state index in [1.165, 1.54) is 19.3 Å². The summed E-state index contributed by atoms with van der Waals surface area (Å²) in [4.78, 5) is 40.5. The Labute approximate surface area is 231 Å². The lowest BCUT2D eigenvalue weighted by Gasteiger charge is -2.38.